The van der Waals surface area contributed by atoms with Crippen LogP contribution in [0.3, 0.4) is 0 Å². The van der Waals surface area contributed by atoms with Crippen LogP contribution in [-0.4, -0.2) is 19.8 Å². The van der Waals surface area contributed by atoms with E-state index >= 15 is 0 Å². The molecular weight excluding hydrogens is 248 g/mol. The van der Waals surface area contributed by atoms with E-state index in [2.05, 4.69) is 5.32 Å². The van der Waals surface area contributed by atoms with E-state index in [-0.39, 0.29) is 11.7 Å². The minimum atomic E-state index is -0.525. The van der Waals surface area contributed by atoms with Crippen LogP contribution in [0.1, 0.15) is 43.9 Å². The Labute approximate surface area is 114 Å². The molecule has 1 N–H and O–H groups in total. The Hall–Kier alpha value is -1.00. The Morgan fingerprint density at radius 1 is 1.26 bits per heavy atom. The van der Waals surface area contributed by atoms with Crippen LogP contribution in [0.25, 0.3) is 0 Å². The Balaban J connectivity index is 3.17. The summed E-state index contributed by atoms with van der Waals surface area (Å²) < 4.78 is 33.8. The molecule has 1 aromatic rings. The maximum Gasteiger partial charge on any atom is 0.133 e. The molecule has 0 fully saturated rings. The van der Waals surface area contributed by atoms with Crippen LogP contribution in [0.2, 0.25) is 0 Å². The van der Waals surface area contributed by atoms with Crippen LogP contribution in [0.5, 0.6) is 0 Å². The number of rotatable bonds is 7. The summed E-state index contributed by atoms with van der Waals surface area (Å²) >= 11 is 0. The first-order chi connectivity index (χ1) is 9.06. The van der Waals surface area contributed by atoms with Gasteiger partial charge in [-0.1, -0.05) is 19.4 Å². The summed E-state index contributed by atoms with van der Waals surface area (Å²) in [5, 5.41) is 2.99. The minimum Gasteiger partial charge on any atom is -0.377 e. The number of benzene rings is 1. The summed E-state index contributed by atoms with van der Waals surface area (Å²) in [5.41, 5.74) is 0.526. The van der Waals surface area contributed by atoms with Gasteiger partial charge in [-0.3, -0.25) is 0 Å². The van der Waals surface area contributed by atoms with Crippen molar-refractivity contribution in [3.63, 3.8) is 0 Å². The molecule has 0 aliphatic heterocycles. The van der Waals surface area contributed by atoms with Gasteiger partial charge >= 0.3 is 0 Å². The van der Waals surface area contributed by atoms with Gasteiger partial charge in [-0.25, -0.2) is 8.78 Å². The van der Waals surface area contributed by atoms with E-state index in [4.69, 9.17) is 4.74 Å². The Morgan fingerprint density at radius 2 is 1.95 bits per heavy atom. The molecule has 0 aliphatic carbocycles. The third-order valence-corrected chi connectivity index (χ3v) is 3.27. The van der Waals surface area contributed by atoms with E-state index in [1.165, 1.54) is 12.1 Å². The van der Waals surface area contributed by atoms with Gasteiger partial charge in [0, 0.05) is 12.2 Å². The lowest BCUT2D eigenvalue weighted by Gasteiger charge is -2.28. The van der Waals surface area contributed by atoms with Crippen molar-refractivity contribution in [2.75, 3.05) is 13.7 Å². The van der Waals surface area contributed by atoms with Gasteiger partial charge in [-0.2, -0.15) is 0 Å². The number of aryl methyl sites for hydroxylation is 1. The number of likely N-dealkylation sites (N-methyl/N-ethyl adjacent to an activating group) is 1. The van der Waals surface area contributed by atoms with Gasteiger partial charge in [0.1, 0.15) is 11.6 Å². The average Bonchev–Trinajstić information content (AvgIpc) is 2.39. The van der Waals surface area contributed by atoms with Gasteiger partial charge in [0.15, 0.2) is 0 Å². The average molecular weight is 271 g/mol. The Bertz CT molecular complexity index is 403. The summed E-state index contributed by atoms with van der Waals surface area (Å²) in [4.78, 5) is 0. The molecule has 0 heterocycles. The fourth-order valence-corrected chi connectivity index (χ4v) is 2.32. The predicted molar refractivity (Wildman–Crippen MR) is 73.2 cm³/mol. The quantitative estimate of drug-likeness (QED) is 0.815. The second-order valence-corrected chi connectivity index (χ2v) is 4.64. The fourth-order valence-electron chi connectivity index (χ4n) is 2.32. The molecule has 2 nitrogen and oxygen atoms in total. The van der Waals surface area contributed by atoms with Gasteiger partial charge in [0.25, 0.3) is 0 Å². The van der Waals surface area contributed by atoms with Crippen molar-refractivity contribution in [1.82, 2.24) is 5.32 Å². The first-order valence-corrected chi connectivity index (χ1v) is 6.80. The molecule has 0 amide bonds. The molecule has 19 heavy (non-hydrogen) atoms. The number of ether oxygens (including phenoxy) is 1. The van der Waals surface area contributed by atoms with E-state index < -0.39 is 17.7 Å². The summed E-state index contributed by atoms with van der Waals surface area (Å²) in [5.74, 6) is -1.01. The van der Waals surface area contributed by atoms with E-state index in [9.17, 15) is 8.78 Å². The third-order valence-electron chi connectivity index (χ3n) is 3.27. The lowest BCUT2D eigenvalue weighted by atomic mass is 9.95. The molecule has 2 unspecified atom stereocenters. The fraction of sp³-hybridized carbons (Fsp3) is 0.600. The molecule has 108 valence electrons. The zero-order valence-corrected chi connectivity index (χ0v) is 12.1. The van der Waals surface area contributed by atoms with Crippen LogP contribution in [0, 0.1) is 18.6 Å². The highest BCUT2D eigenvalue weighted by Gasteiger charge is 2.27. The molecule has 0 spiro atoms. The van der Waals surface area contributed by atoms with Crippen molar-refractivity contribution in [2.24, 2.45) is 0 Å². The number of halogens is 2. The van der Waals surface area contributed by atoms with Crippen molar-refractivity contribution in [3.8, 4) is 0 Å². The van der Waals surface area contributed by atoms with Crippen molar-refractivity contribution < 1.29 is 13.5 Å². The zero-order chi connectivity index (χ0) is 14.4. The normalized spacial score (nSPS) is 14.4. The zero-order valence-electron chi connectivity index (χ0n) is 12.1. The maximum atomic E-state index is 14.2. The molecule has 0 radical (unpaired) electrons. The second kappa shape index (κ2) is 7.56. The molecule has 1 aromatic carbocycles. The van der Waals surface area contributed by atoms with Crippen LogP contribution < -0.4 is 5.32 Å². The summed E-state index contributed by atoms with van der Waals surface area (Å²) in [6.07, 6.45) is 1.43. The molecule has 0 aromatic heterocycles. The van der Waals surface area contributed by atoms with Crippen molar-refractivity contribution in [3.05, 3.63) is 34.9 Å². The molecule has 0 saturated carbocycles. The number of hydrogen-bond acceptors (Lipinski definition) is 2. The molecular formula is C15H23F2NO. The van der Waals surface area contributed by atoms with Gasteiger partial charge in [-0.15, -0.1) is 0 Å². The number of hydrogen-bond donors (Lipinski definition) is 1. The van der Waals surface area contributed by atoms with Crippen LogP contribution in [-0.2, 0) is 4.74 Å². The second-order valence-electron chi connectivity index (χ2n) is 4.64. The largest absolute Gasteiger partial charge is 0.377 e. The summed E-state index contributed by atoms with van der Waals surface area (Å²) in [6.45, 7) is 6.08. The highest BCUT2D eigenvalue weighted by Crippen LogP contribution is 2.28. The van der Waals surface area contributed by atoms with Gasteiger partial charge in [0.05, 0.1) is 12.1 Å². The molecule has 2 atom stereocenters. The van der Waals surface area contributed by atoms with E-state index in [0.717, 1.165) is 12.8 Å². The van der Waals surface area contributed by atoms with Gasteiger partial charge in [-0.05, 0) is 38.9 Å². The van der Waals surface area contributed by atoms with Crippen molar-refractivity contribution in [1.29, 1.82) is 0 Å². The molecule has 0 aliphatic rings. The first-order valence-electron chi connectivity index (χ1n) is 6.80. The Kier molecular flexibility index (Phi) is 6.38. The summed E-state index contributed by atoms with van der Waals surface area (Å²) in [7, 11) is 1.70. The summed E-state index contributed by atoms with van der Waals surface area (Å²) in [6, 6.07) is 2.29. The van der Waals surface area contributed by atoms with Gasteiger partial charge < -0.3 is 10.1 Å². The molecule has 0 bridgehead atoms. The van der Waals surface area contributed by atoms with Crippen LogP contribution in [0.4, 0.5) is 8.78 Å². The molecule has 4 heteroatoms. The SMILES string of the molecule is CCCC(OCC)C(NC)c1c(F)ccc(C)c1F. The third kappa shape index (κ3) is 3.74. The van der Waals surface area contributed by atoms with Gasteiger partial charge in [0.2, 0.25) is 0 Å². The monoisotopic (exact) mass is 271 g/mol. The van der Waals surface area contributed by atoms with Crippen LogP contribution in [0.15, 0.2) is 12.1 Å². The maximum absolute atomic E-state index is 14.2. The molecule has 0 saturated heterocycles. The van der Waals surface area contributed by atoms with Crippen molar-refractivity contribution >= 4 is 0 Å². The highest BCUT2D eigenvalue weighted by molar-refractivity contribution is 5.30. The number of nitrogens with one attached hydrogen (secondary N) is 1. The molecule has 1 rings (SSSR count). The van der Waals surface area contributed by atoms with E-state index in [1.807, 2.05) is 13.8 Å². The highest BCUT2D eigenvalue weighted by atomic mass is 19.1. The smallest absolute Gasteiger partial charge is 0.133 e. The lowest BCUT2D eigenvalue weighted by Crippen LogP contribution is -2.33. The topological polar surface area (TPSA) is 21.3 Å². The van der Waals surface area contributed by atoms with E-state index in [1.54, 1.807) is 14.0 Å². The van der Waals surface area contributed by atoms with Crippen LogP contribution >= 0.6 is 0 Å². The predicted octanol–water partition coefficient (Wildman–Crippen LogP) is 3.74. The standard InChI is InChI=1S/C15H23F2NO/c1-5-7-12(19-6-2)15(18-4)13-11(16)9-8-10(3)14(13)17/h8-9,12,15,18H,5-7H2,1-4H3. The first kappa shape index (κ1) is 16.1. The Morgan fingerprint density at radius 3 is 2.47 bits per heavy atom. The minimum absolute atomic E-state index is 0.0781. The lowest BCUT2D eigenvalue weighted by molar-refractivity contribution is 0.0277. The van der Waals surface area contributed by atoms with E-state index in [0.29, 0.717) is 12.2 Å². The van der Waals surface area contributed by atoms with Crippen molar-refractivity contribution in [2.45, 2.75) is 45.8 Å².